The van der Waals surface area contributed by atoms with Crippen molar-refractivity contribution in [3.8, 4) is 0 Å². The maximum Gasteiger partial charge on any atom is 0.291 e. The van der Waals surface area contributed by atoms with Gasteiger partial charge in [-0.2, -0.15) is 0 Å². The predicted octanol–water partition coefficient (Wildman–Crippen LogP) is 1.52. The fourth-order valence-corrected chi connectivity index (χ4v) is 2.61. The van der Waals surface area contributed by atoms with Gasteiger partial charge in [0.05, 0.1) is 4.92 Å². The Balaban J connectivity index is 3.38. The van der Waals surface area contributed by atoms with Gasteiger partial charge in [0.15, 0.2) is 9.84 Å². The van der Waals surface area contributed by atoms with Crippen LogP contribution < -0.4 is 5.73 Å². The molecule has 1 atom stereocenters. The van der Waals surface area contributed by atoms with E-state index < -0.39 is 14.8 Å². The second-order valence-electron chi connectivity index (χ2n) is 4.91. The Kier molecular flexibility index (Phi) is 4.65. The number of nitro benzene ring substituents is 1. The van der Waals surface area contributed by atoms with Crippen LogP contribution in [0, 0.1) is 16.0 Å². The smallest absolute Gasteiger partial charge is 0.291 e. The number of rotatable bonds is 5. The summed E-state index contributed by atoms with van der Waals surface area (Å²) >= 11 is 0. The van der Waals surface area contributed by atoms with Gasteiger partial charge < -0.3 is 5.73 Å². The minimum absolute atomic E-state index is 0.154. The molecule has 1 unspecified atom stereocenters. The molecule has 0 fully saturated rings. The zero-order valence-electron chi connectivity index (χ0n) is 11.2. The van der Waals surface area contributed by atoms with Crippen LogP contribution in [-0.4, -0.2) is 25.6 Å². The van der Waals surface area contributed by atoms with Crippen LogP contribution in [0.25, 0.3) is 0 Å². The van der Waals surface area contributed by atoms with Crippen LogP contribution in [0.1, 0.15) is 19.4 Å². The third-order valence-electron chi connectivity index (χ3n) is 2.98. The van der Waals surface area contributed by atoms with Crippen molar-refractivity contribution in [1.82, 2.24) is 0 Å². The highest BCUT2D eigenvalue weighted by Gasteiger charge is 2.26. The lowest BCUT2D eigenvalue weighted by Crippen LogP contribution is -2.29. The summed E-state index contributed by atoms with van der Waals surface area (Å²) in [5, 5.41) is 11.1. The molecule has 0 aliphatic heterocycles. The van der Waals surface area contributed by atoms with Gasteiger partial charge in [-0.15, -0.1) is 0 Å². The molecule has 0 aliphatic rings. The van der Waals surface area contributed by atoms with E-state index in [4.69, 9.17) is 5.73 Å². The van der Waals surface area contributed by atoms with Crippen molar-refractivity contribution in [2.75, 3.05) is 6.26 Å². The molecule has 0 radical (unpaired) electrons. The van der Waals surface area contributed by atoms with E-state index in [1.54, 1.807) is 6.07 Å². The van der Waals surface area contributed by atoms with Gasteiger partial charge in [-0.25, -0.2) is 8.42 Å². The number of nitro groups is 1. The summed E-state index contributed by atoms with van der Waals surface area (Å²) in [6, 6.07) is 4.05. The van der Waals surface area contributed by atoms with E-state index in [2.05, 4.69) is 0 Å². The molecule has 19 heavy (non-hydrogen) atoms. The first-order valence-corrected chi connectivity index (χ1v) is 7.75. The van der Waals surface area contributed by atoms with Crippen molar-refractivity contribution in [3.63, 3.8) is 0 Å². The van der Waals surface area contributed by atoms with Crippen LogP contribution in [0.15, 0.2) is 23.1 Å². The molecule has 2 N–H and O–H groups in total. The Morgan fingerprint density at radius 2 is 1.95 bits per heavy atom. The molecule has 1 aromatic rings. The van der Waals surface area contributed by atoms with E-state index in [0.717, 1.165) is 6.26 Å². The number of hydrogen-bond acceptors (Lipinski definition) is 5. The number of para-hydroxylation sites is 1. The van der Waals surface area contributed by atoms with E-state index in [-0.39, 0.29) is 29.0 Å². The van der Waals surface area contributed by atoms with Crippen molar-refractivity contribution in [1.29, 1.82) is 0 Å². The van der Waals surface area contributed by atoms with Gasteiger partial charge in [-0.1, -0.05) is 26.0 Å². The van der Waals surface area contributed by atoms with Crippen LogP contribution in [0.4, 0.5) is 5.69 Å². The largest absolute Gasteiger partial charge is 0.327 e. The molecule has 0 aromatic heterocycles. The maximum atomic E-state index is 11.6. The molecule has 1 rings (SSSR count). The van der Waals surface area contributed by atoms with Gasteiger partial charge in [0, 0.05) is 17.9 Å². The Hall–Kier alpha value is -1.47. The van der Waals surface area contributed by atoms with Crippen LogP contribution >= 0.6 is 0 Å². The van der Waals surface area contributed by atoms with Crippen LogP contribution in [0.3, 0.4) is 0 Å². The number of hydrogen-bond donors (Lipinski definition) is 1. The highest BCUT2D eigenvalue weighted by Crippen LogP contribution is 2.29. The minimum Gasteiger partial charge on any atom is -0.327 e. The molecule has 0 saturated heterocycles. The second kappa shape index (κ2) is 5.66. The third kappa shape index (κ3) is 3.74. The van der Waals surface area contributed by atoms with E-state index in [1.165, 1.54) is 12.1 Å². The molecular weight excluding hydrogens is 268 g/mol. The number of nitrogens with zero attached hydrogens (tertiary/aromatic N) is 1. The molecule has 0 amide bonds. The zero-order valence-corrected chi connectivity index (χ0v) is 12.0. The van der Waals surface area contributed by atoms with Gasteiger partial charge >= 0.3 is 0 Å². The fourth-order valence-electron chi connectivity index (χ4n) is 1.73. The van der Waals surface area contributed by atoms with Gasteiger partial charge in [0.1, 0.15) is 4.90 Å². The van der Waals surface area contributed by atoms with E-state index in [1.807, 2.05) is 13.8 Å². The molecule has 0 saturated carbocycles. The van der Waals surface area contributed by atoms with Crippen LogP contribution in [0.5, 0.6) is 0 Å². The van der Waals surface area contributed by atoms with Gasteiger partial charge in [0.2, 0.25) is 0 Å². The molecule has 1 aromatic carbocycles. The lowest BCUT2D eigenvalue weighted by molar-refractivity contribution is -0.388. The topological polar surface area (TPSA) is 103 Å². The SMILES string of the molecule is CC(C)C(N)Cc1cccc(S(C)(=O)=O)c1[N+](=O)[O-]. The highest BCUT2D eigenvalue weighted by molar-refractivity contribution is 7.90. The molecule has 0 bridgehead atoms. The molecule has 106 valence electrons. The van der Waals surface area contributed by atoms with Crippen molar-refractivity contribution < 1.29 is 13.3 Å². The third-order valence-corrected chi connectivity index (χ3v) is 4.10. The molecule has 6 nitrogen and oxygen atoms in total. The Morgan fingerprint density at radius 3 is 2.37 bits per heavy atom. The quantitative estimate of drug-likeness (QED) is 0.653. The summed E-state index contributed by atoms with van der Waals surface area (Å²) < 4.78 is 23.2. The number of benzene rings is 1. The van der Waals surface area contributed by atoms with E-state index >= 15 is 0 Å². The van der Waals surface area contributed by atoms with Crippen molar-refractivity contribution in [2.24, 2.45) is 11.7 Å². The molecule has 7 heteroatoms. The molecule has 0 spiro atoms. The summed E-state index contributed by atoms with van der Waals surface area (Å²) in [5.41, 5.74) is 5.90. The molecular formula is C12H18N2O4S. The van der Waals surface area contributed by atoms with Crippen LogP contribution in [-0.2, 0) is 16.3 Å². The van der Waals surface area contributed by atoms with Crippen molar-refractivity contribution in [3.05, 3.63) is 33.9 Å². The fraction of sp³-hybridized carbons (Fsp3) is 0.500. The highest BCUT2D eigenvalue weighted by atomic mass is 32.2. The summed E-state index contributed by atoms with van der Waals surface area (Å²) in [6.45, 7) is 3.83. The molecule has 0 heterocycles. The first kappa shape index (κ1) is 15.6. The first-order chi connectivity index (χ1) is 8.64. The van der Waals surface area contributed by atoms with E-state index in [0.29, 0.717) is 5.56 Å². The standard InChI is InChI=1S/C12H18N2O4S/c1-8(2)10(13)7-9-5-4-6-11(19(3,17)18)12(9)14(15)16/h4-6,8,10H,7,13H2,1-3H3. The van der Waals surface area contributed by atoms with Crippen LogP contribution in [0.2, 0.25) is 0 Å². The van der Waals surface area contributed by atoms with Crippen molar-refractivity contribution >= 4 is 15.5 Å². The van der Waals surface area contributed by atoms with Gasteiger partial charge in [-0.3, -0.25) is 10.1 Å². The number of nitrogens with two attached hydrogens (primary N) is 1. The zero-order chi connectivity index (χ0) is 14.8. The normalized spacial score (nSPS) is 13.5. The Labute approximate surface area is 112 Å². The Bertz CT molecular complexity index is 581. The van der Waals surface area contributed by atoms with Gasteiger partial charge in [0.25, 0.3) is 5.69 Å². The average Bonchev–Trinajstić information content (AvgIpc) is 2.26. The van der Waals surface area contributed by atoms with Crippen molar-refractivity contribution in [2.45, 2.75) is 31.2 Å². The lowest BCUT2D eigenvalue weighted by Gasteiger charge is -2.16. The average molecular weight is 286 g/mol. The summed E-state index contributed by atoms with van der Waals surface area (Å²) in [5.74, 6) is 0.154. The van der Waals surface area contributed by atoms with Gasteiger partial charge in [-0.05, 0) is 18.4 Å². The molecule has 0 aliphatic carbocycles. The monoisotopic (exact) mass is 286 g/mol. The minimum atomic E-state index is -3.64. The first-order valence-electron chi connectivity index (χ1n) is 5.86. The second-order valence-corrected chi connectivity index (χ2v) is 6.89. The maximum absolute atomic E-state index is 11.6. The summed E-state index contributed by atoms with van der Waals surface area (Å²) in [7, 11) is -3.64. The summed E-state index contributed by atoms with van der Waals surface area (Å²) in [6.07, 6.45) is 1.23. The summed E-state index contributed by atoms with van der Waals surface area (Å²) in [4.78, 5) is 10.2. The lowest BCUT2D eigenvalue weighted by atomic mass is 9.96. The predicted molar refractivity (Wildman–Crippen MR) is 72.7 cm³/mol. The van der Waals surface area contributed by atoms with E-state index in [9.17, 15) is 18.5 Å². The Morgan fingerprint density at radius 1 is 1.37 bits per heavy atom. The number of sulfone groups is 1.